The number of rotatable bonds is 9. The Morgan fingerprint density at radius 2 is 1.57 bits per heavy atom. The molecule has 3 rings (SSSR count). The zero-order valence-electron chi connectivity index (χ0n) is 23.5. The number of hydrogen-bond acceptors (Lipinski definition) is 4. The van der Waals surface area contributed by atoms with Crippen LogP contribution in [0, 0.1) is 13.8 Å². The maximum atomic E-state index is 14.0. The van der Waals surface area contributed by atoms with E-state index in [-0.39, 0.29) is 17.3 Å². The van der Waals surface area contributed by atoms with Gasteiger partial charge in [-0.15, -0.1) is 0 Å². The molecule has 10 heteroatoms. The Hall–Kier alpha value is -3.07. The minimum Gasteiger partial charge on any atom is -0.350 e. The maximum absolute atomic E-state index is 14.0. The fraction of sp³-hybridized carbons (Fsp3) is 0.333. The highest BCUT2D eigenvalue weighted by Crippen LogP contribution is 2.29. The third-order valence-electron chi connectivity index (χ3n) is 6.25. The van der Waals surface area contributed by atoms with Crippen LogP contribution in [0.1, 0.15) is 44.4 Å². The second-order valence-electron chi connectivity index (χ2n) is 10.8. The zero-order chi connectivity index (χ0) is 29.8. The summed E-state index contributed by atoms with van der Waals surface area (Å²) >= 11 is 12.3. The van der Waals surface area contributed by atoms with E-state index in [1.54, 1.807) is 56.3 Å². The summed E-state index contributed by atoms with van der Waals surface area (Å²) in [6.07, 6.45) is 0. The molecule has 0 heterocycles. The summed E-state index contributed by atoms with van der Waals surface area (Å²) in [5.74, 6) is -0.923. The molecule has 0 saturated carbocycles. The van der Waals surface area contributed by atoms with Gasteiger partial charge >= 0.3 is 0 Å². The Balaban J connectivity index is 2.08. The predicted molar refractivity (Wildman–Crippen MR) is 161 cm³/mol. The molecule has 7 nitrogen and oxygen atoms in total. The molecule has 1 N–H and O–H groups in total. The monoisotopic (exact) mass is 603 g/mol. The van der Waals surface area contributed by atoms with E-state index in [0.717, 1.165) is 9.87 Å². The van der Waals surface area contributed by atoms with Gasteiger partial charge in [0, 0.05) is 12.1 Å². The van der Waals surface area contributed by atoms with E-state index in [1.165, 1.54) is 17.0 Å². The molecule has 0 aromatic heterocycles. The number of carbonyl (C=O) groups excluding carboxylic acids is 2. The Bertz CT molecular complexity index is 1490. The number of aryl methyl sites for hydroxylation is 2. The van der Waals surface area contributed by atoms with Gasteiger partial charge in [0.05, 0.1) is 20.6 Å². The van der Waals surface area contributed by atoms with Gasteiger partial charge in [-0.3, -0.25) is 13.9 Å². The van der Waals surface area contributed by atoms with E-state index in [9.17, 15) is 18.0 Å². The first-order valence-corrected chi connectivity index (χ1v) is 15.0. The van der Waals surface area contributed by atoms with Crippen molar-refractivity contribution < 1.29 is 18.0 Å². The second-order valence-corrected chi connectivity index (χ2v) is 13.5. The molecule has 214 valence electrons. The summed E-state index contributed by atoms with van der Waals surface area (Å²) in [5.41, 5.74) is 2.02. The van der Waals surface area contributed by atoms with Crippen LogP contribution in [0.25, 0.3) is 0 Å². The van der Waals surface area contributed by atoms with E-state index >= 15 is 0 Å². The molecule has 0 radical (unpaired) electrons. The van der Waals surface area contributed by atoms with Crippen molar-refractivity contribution in [2.45, 2.75) is 64.6 Å². The fourth-order valence-electron chi connectivity index (χ4n) is 4.11. The molecule has 0 saturated heterocycles. The molecule has 40 heavy (non-hydrogen) atoms. The van der Waals surface area contributed by atoms with Crippen molar-refractivity contribution in [1.29, 1.82) is 0 Å². The average molecular weight is 605 g/mol. The molecule has 0 spiro atoms. The van der Waals surface area contributed by atoms with Gasteiger partial charge in [0.2, 0.25) is 11.8 Å². The van der Waals surface area contributed by atoms with Crippen molar-refractivity contribution in [3.8, 4) is 0 Å². The molecular weight excluding hydrogens is 569 g/mol. The quantitative estimate of drug-likeness (QED) is 0.318. The number of anilines is 1. The van der Waals surface area contributed by atoms with E-state index in [0.29, 0.717) is 26.9 Å². The summed E-state index contributed by atoms with van der Waals surface area (Å²) in [6.45, 7) is 10.3. The highest BCUT2D eigenvalue weighted by atomic mass is 35.5. The van der Waals surface area contributed by atoms with Gasteiger partial charge in [0.25, 0.3) is 10.0 Å². The molecule has 1 atom stereocenters. The van der Waals surface area contributed by atoms with Crippen LogP contribution in [0.4, 0.5) is 5.69 Å². The van der Waals surface area contributed by atoms with Gasteiger partial charge in [-0.2, -0.15) is 0 Å². The van der Waals surface area contributed by atoms with Gasteiger partial charge in [-0.1, -0.05) is 59.6 Å². The van der Waals surface area contributed by atoms with Crippen LogP contribution in [0.3, 0.4) is 0 Å². The molecule has 0 bridgehead atoms. The van der Waals surface area contributed by atoms with E-state index in [2.05, 4.69) is 5.32 Å². The number of nitrogens with zero attached hydrogens (tertiary/aromatic N) is 2. The highest BCUT2D eigenvalue weighted by molar-refractivity contribution is 7.92. The van der Waals surface area contributed by atoms with E-state index in [4.69, 9.17) is 23.2 Å². The lowest BCUT2D eigenvalue weighted by atomic mass is 10.1. The van der Waals surface area contributed by atoms with Crippen LogP contribution in [0.5, 0.6) is 0 Å². The van der Waals surface area contributed by atoms with Crippen LogP contribution >= 0.6 is 23.2 Å². The summed E-state index contributed by atoms with van der Waals surface area (Å²) in [4.78, 5) is 28.7. The van der Waals surface area contributed by atoms with Gasteiger partial charge in [-0.25, -0.2) is 8.42 Å². The molecule has 0 aliphatic heterocycles. The SMILES string of the molecule is Cc1ccc(C)c(N(CC(=O)N(Cc2ccc(Cl)c(Cl)c2)[C@@H](C)C(=O)NC(C)(C)C)S(=O)(=O)c2ccccc2)c1. The number of amides is 2. The first kappa shape index (κ1) is 31.5. The van der Waals surface area contributed by atoms with Crippen LogP contribution < -0.4 is 9.62 Å². The third kappa shape index (κ3) is 7.77. The second kappa shape index (κ2) is 12.6. The zero-order valence-corrected chi connectivity index (χ0v) is 25.9. The predicted octanol–water partition coefficient (Wildman–Crippen LogP) is 6.14. The van der Waals surface area contributed by atoms with E-state index < -0.39 is 34.1 Å². The standard InChI is InChI=1S/C30H35Cl2N3O4S/c1-20-12-13-21(2)27(16-20)35(40(38,39)24-10-8-7-9-11-24)19-28(36)34(22(3)29(37)33-30(4,5)6)18-23-14-15-25(31)26(32)17-23/h7-17,22H,18-19H2,1-6H3,(H,33,37)/t22-/m0/s1. The molecule has 0 unspecified atom stereocenters. The Morgan fingerprint density at radius 3 is 2.17 bits per heavy atom. The number of hydrogen-bond donors (Lipinski definition) is 1. The number of benzene rings is 3. The number of nitrogens with one attached hydrogen (secondary N) is 1. The lowest BCUT2D eigenvalue weighted by Crippen LogP contribution is -2.54. The van der Waals surface area contributed by atoms with Crippen molar-refractivity contribution >= 4 is 50.7 Å². The summed E-state index contributed by atoms with van der Waals surface area (Å²) in [7, 11) is -4.14. The van der Waals surface area contributed by atoms with Crippen molar-refractivity contribution in [3.63, 3.8) is 0 Å². The number of carbonyl (C=O) groups is 2. The Morgan fingerprint density at radius 1 is 0.925 bits per heavy atom. The molecule has 0 fully saturated rings. The lowest BCUT2D eigenvalue weighted by molar-refractivity contribution is -0.140. The Kier molecular flexibility index (Phi) is 9.93. The van der Waals surface area contributed by atoms with Gasteiger partial charge < -0.3 is 10.2 Å². The molecule has 0 aliphatic carbocycles. The fourth-order valence-corrected chi connectivity index (χ4v) is 5.92. The third-order valence-corrected chi connectivity index (χ3v) is 8.76. The smallest absolute Gasteiger partial charge is 0.264 e. The van der Waals surface area contributed by atoms with Crippen LogP contribution in [0.15, 0.2) is 71.6 Å². The summed E-state index contributed by atoms with van der Waals surface area (Å²) in [6, 6.07) is 17.4. The summed E-state index contributed by atoms with van der Waals surface area (Å²) < 4.78 is 29.0. The number of halogens is 2. The normalized spacial score (nSPS) is 12.5. The molecule has 2 amide bonds. The van der Waals surface area contributed by atoms with Crippen molar-refractivity contribution in [3.05, 3.63) is 93.5 Å². The molecule has 3 aromatic rings. The van der Waals surface area contributed by atoms with Crippen LogP contribution in [-0.4, -0.2) is 43.3 Å². The maximum Gasteiger partial charge on any atom is 0.264 e. The lowest BCUT2D eigenvalue weighted by Gasteiger charge is -2.34. The van der Waals surface area contributed by atoms with Crippen molar-refractivity contribution in [2.24, 2.45) is 0 Å². The van der Waals surface area contributed by atoms with Crippen LogP contribution in [0.2, 0.25) is 10.0 Å². The van der Waals surface area contributed by atoms with Gasteiger partial charge in [0.1, 0.15) is 12.6 Å². The van der Waals surface area contributed by atoms with Crippen LogP contribution in [-0.2, 0) is 26.2 Å². The van der Waals surface area contributed by atoms with E-state index in [1.807, 2.05) is 39.8 Å². The largest absolute Gasteiger partial charge is 0.350 e. The first-order valence-electron chi connectivity index (χ1n) is 12.8. The molecule has 0 aliphatic rings. The summed E-state index contributed by atoms with van der Waals surface area (Å²) in [5, 5.41) is 3.57. The van der Waals surface area contributed by atoms with Crippen molar-refractivity contribution in [1.82, 2.24) is 10.2 Å². The number of sulfonamides is 1. The van der Waals surface area contributed by atoms with Crippen molar-refractivity contribution in [2.75, 3.05) is 10.8 Å². The highest BCUT2D eigenvalue weighted by Gasteiger charge is 2.34. The van der Waals surface area contributed by atoms with Gasteiger partial charge in [0.15, 0.2) is 0 Å². The topological polar surface area (TPSA) is 86.8 Å². The minimum absolute atomic E-state index is 0.0144. The Labute approximate surface area is 247 Å². The molecule has 3 aromatic carbocycles. The average Bonchev–Trinajstić information content (AvgIpc) is 2.88. The van der Waals surface area contributed by atoms with Gasteiger partial charge in [-0.05, 0) is 88.6 Å². The first-order chi connectivity index (χ1) is 18.6. The minimum atomic E-state index is -4.14. The molecular formula is C30H35Cl2N3O4S.